The number of hydrogen-bond acceptors (Lipinski definition) is 5. The van der Waals surface area contributed by atoms with Crippen molar-refractivity contribution in [3.63, 3.8) is 0 Å². The maximum absolute atomic E-state index is 12.1. The second-order valence-corrected chi connectivity index (χ2v) is 7.53. The first-order valence-corrected chi connectivity index (χ1v) is 8.85. The first-order valence-electron chi connectivity index (χ1n) is 6.32. The monoisotopic (exact) mass is 309 g/mol. The molecule has 2 aromatic rings. The van der Waals surface area contributed by atoms with Gasteiger partial charge in [-0.25, -0.2) is 13.4 Å². The van der Waals surface area contributed by atoms with Gasteiger partial charge in [-0.2, -0.15) is 0 Å². The molecule has 7 heteroatoms. The molecule has 0 spiro atoms. The summed E-state index contributed by atoms with van der Waals surface area (Å²) >= 11 is 1.34. The van der Waals surface area contributed by atoms with Crippen LogP contribution in [0.4, 0.5) is 10.8 Å². The van der Waals surface area contributed by atoms with E-state index < -0.39 is 10.0 Å². The summed E-state index contributed by atoms with van der Waals surface area (Å²) in [6.45, 7) is 0. The number of nitrogens with zero attached hydrogens (tertiary/aromatic N) is 1. The molecule has 1 saturated carbocycles. The number of thiazole rings is 1. The molecule has 3 N–H and O–H groups in total. The number of aromatic nitrogens is 1. The molecule has 5 nitrogen and oxygen atoms in total. The molecule has 0 bridgehead atoms. The number of anilines is 2. The van der Waals surface area contributed by atoms with E-state index in [2.05, 4.69) is 9.71 Å². The fourth-order valence-corrected chi connectivity index (χ4v) is 4.13. The highest BCUT2D eigenvalue weighted by Gasteiger charge is 2.26. The Hall–Kier alpha value is -1.60. The van der Waals surface area contributed by atoms with E-state index in [0.717, 1.165) is 18.5 Å². The van der Waals surface area contributed by atoms with Crippen LogP contribution in [-0.2, 0) is 15.8 Å². The molecular weight excluding hydrogens is 294 g/mol. The van der Waals surface area contributed by atoms with Gasteiger partial charge in [0.05, 0.1) is 11.4 Å². The van der Waals surface area contributed by atoms with Gasteiger partial charge < -0.3 is 5.73 Å². The van der Waals surface area contributed by atoms with Gasteiger partial charge in [0.2, 0.25) is 10.0 Å². The Balaban J connectivity index is 1.69. The van der Waals surface area contributed by atoms with Gasteiger partial charge in [-0.15, -0.1) is 11.3 Å². The smallest absolute Gasteiger partial charge is 0.238 e. The zero-order valence-corrected chi connectivity index (χ0v) is 12.4. The molecule has 1 aliphatic rings. The highest BCUT2D eigenvalue weighted by molar-refractivity contribution is 7.92. The van der Waals surface area contributed by atoms with Crippen LogP contribution in [-0.4, -0.2) is 13.4 Å². The zero-order valence-electron chi connectivity index (χ0n) is 10.7. The number of sulfonamides is 1. The molecule has 1 aromatic carbocycles. The van der Waals surface area contributed by atoms with E-state index >= 15 is 0 Å². The summed E-state index contributed by atoms with van der Waals surface area (Å²) in [5, 5.41) is 2.38. The Morgan fingerprint density at radius 3 is 2.65 bits per heavy atom. The standard InChI is InChI=1S/C13H15N3O2S2/c14-11-5-1-9(2-6-11)8-20(17,18)16-13-15-12(7-19-13)10-3-4-10/h1-2,5-7,10H,3-4,8,14H2,(H,15,16). The van der Waals surface area contributed by atoms with Crippen molar-refractivity contribution in [2.75, 3.05) is 10.5 Å². The van der Waals surface area contributed by atoms with Crippen LogP contribution in [0.2, 0.25) is 0 Å². The molecule has 0 saturated heterocycles. The number of hydrogen-bond donors (Lipinski definition) is 2. The van der Waals surface area contributed by atoms with Crippen LogP contribution < -0.4 is 10.5 Å². The Bertz CT molecular complexity index is 703. The van der Waals surface area contributed by atoms with E-state index in [-0.39, 0.29) is 5.75 Å². The van der Waals surface area contributed by atoms with Crippen molar-refractivity contribution in [2.24, 2.45) is 0 Å². The van der Waals surface area contributed by atoms with E-state index in [1.807, 2.05) is 5.38 Å². The van der Waals surface area contributed by atoms with Gasteiger partial charge in [0, 0.05) is 17.0 Å². The van der Waals surface area contributed by atoms with Gasteiger partial charge in [-0.3, -0.25) is 4.72 Å². The molecule has 0 radical (unpaired) electrons. The van der Waals surface area contributed by atoms with Crippen LogP contribution in [0.5, 0.6) is 0 Å². The predicted molar refractivity (Wildman–Crippen MR) is 81.2 cm³/mol. The van der Waals surface area contributed by atoms with Crippen LogP contribution in [0.1, 0.15) is 30.0 Å². The maximum atomic E-state index is 12.1. The quantitative estimate of drug-likeness (QED) is 0.831. The van der Waals surface area contributed by atoms with E-state index in [1.54, 1.807) is 24.3 Å². The fraction of sp³-hybridized carbons (Fsp3) is 0.308. The van der Waals surface area contributed by atoms with E-state index in [4.69, 9.17) is 5.73 Å². The molecule has 20 heavy (non-hydrogen) atoms. The van der Waals surface area contributed by atoms with Crippen molar-refractivity contribution in [1.29, 1.82) is 0 Å². The second kappa shape index (κ2) is 5.06. The molecule has 3 rings (SSSR count). The Morgan fingerprint density at radius 1 is 1.30 bits per heavy atom. The van der Waals surface area contributed by atoms with Crippen molar-refractivity contribution < 1.29 is 8.42 Å². The van der Waals surface area contributed by atoms with E-state index in [1.165, 1.54) is 11.3 Å². The SMILES string of the molecule is Nc1ccc(CS(=O)(=O)Nc2nc(C3CC3)cs2)cc1. The summed E-state index contributed by atoms with van der Waals surface area (Å²) in [5.74, 6) is 0.452. The summed E-state index contributed by atoms with van der Waals surface area (Å²) in [4.78, 5) is 4.32. The zero-order chi connectivity index (χ0) is 14.2. The topological polar surface area (TPSA) is 85.1 Å². The molecule has 1 fully saturated rings. The summed E-state index contributed by atoms with van der Waals surface area (Å²) in [6, 6.07) is 6.82. The first kappa shape index (κ1) is 13.4. The summed E-state index contributed by atoms with van der Waals surface area (Å²) in [6.07, 6.45) is 2.31. The fourth-order valence-electron chi connectivity index (χ4n) is 1.90. The molecule has 106 valence electrons. The minimum absolute atomic E-state index is 0.0778. The number of nitrogens with one attached hydrogen (secondary N) is 1. The van der Waals surface area contributed by atoms with Crippen LogP contribution in [0.15, 0.2) is 29.6 Å². The molecule has 1 heterocycles. The van der Waals surface area contributed by atoms with Crippen LogP contribution in [0, 0.1) is 0 Å². The van der Waals surface area contributed by atoms with Gasteiger partial charge in [0.15, 0.2) is 5.13 Å². The van der Waals surface area contributed by atoms with Crippen LogP contribution in [0.25, 0.3) is 0 Å². The highest BCUT2D eigenvalue weighted by atomic mass is 32.2. The predicted octanol–water partition coefficient (Wildman–Crippen LogP) is 2.54. The average Bonchev–Trinajstić information content (AvgIpc) is 3.13. The Labute approximate surface area is 121 Å². The van der Waals surface area contributed by atoms with Crippen molar-refractivity contribution in [1.82, 2.24) is 4.98 Å². The molecular formula is C13H15N3O2S2. The molecule has 1 aliphatic carbocycles. The highest BCUT2D eigenvalue weighted by Crippen LogP contribution is 2.41. The molecule has 0 aliphatic heterocycles. The lowest BCUT2D eigenvalue weighted by Crippen LogP contribution is -2.15. The van der Waals surface area contributed by atoms with E-state index in [0.29, 0.717) is 22.3 Å². The third-order valence-corrected chi connectivity index (χ3v) is 5.22. The van der Waals surface area contributed by atoms with Gasteiger partial charge in [-0.1, -0.05) is 12.1 Å². The maximum Gasteiger partial charge on any atom is 0.238 e. The lowest BCUT2D eigenvalue weighted by molar-refractivity contribution is 0.600. The minimum Gasteiger partial charge on any atom is -0.399 e. The van der Waals surface area contributed by atoms with Gasteiger partial charge in [-0.05, 0) is 30.5 Å². The average molecular weight is 309 g/mol. The Morgan fingerprint density at radius 2 is 2.00 bits per heavy atom. The minimum atomic E-state index is -3.44. The molecule has 0 atom stereocenters. The number of benzene rings is 1. The number of rotatable bonds is 5. The van der Waals surface area contributed by atoms with Crippen molar-refractivity contribution >= 4 is 32.2 Å². The van der Waals surface area contributed by atoms with Crippen molar-refractivity contribution in [3.05, 3.63) is 40.9 Å². The van der Waals surface area contributed by atoms with Gasteiger partial charge in [0.25, 0.3) is 0 Å². The van der Waals surface area contributed by atoms with Crippen LogP contribution >= 0.6 is 11.3 Å². The van der Waals surface area contributed by atoms with Crippen molar-refractivity contribution in [3.8, 4) is 0 Å². The summed E-state index contributed by atoms with van der Waals surface area (Å²) in [5.41, 5.74) is 7.90. The van der Waals surface area contributed by atoms with Gasteiger partial charge in [0.1, 0.15) is 0 Å². The lowest BCUT2D eigenvalue weighted by atomic mass is 10.2. The first-order chi connectivity index (χ1) is 9.52. The molecule has 1 aromatic heterocycles. The lowest BCUT2D eigenvalue weighted by Gasteiger charge is -2.05. The number of nitrogens with two attached hydrogens (primary N) is 1. The second-order valence-electron chi connectivity index (χ2n) is 4.95. The normalized spacial score (nSPS) is 15.2. The van der Waals surface area contributed by atoms with E-state index in [9.17, 15) is 8.42 Å². The summed E-state index contributed by atoms with van der Waals surface area (Å²) < 4.78 is 26.7. The third-order valence-electron chi connectivity index (χ3n) is 3.10. The number of nitrogen functional groups attached to an aromatic ring is 1. The van der Waals surface area contributed by atoms with Crippen molar-refractivity contribution in [2.45, 2.75) is 24.5 Å². The van der Waals surface area contributed by atoms with Gasteiger partial charge >= 0.3 is 0 Å². The van der Waals surface area contributed by atoms with Crippen LogP contribution in [0.3, 0.4) is 0 Å². The largest absolute Gasteiger partial charge is 0.399 e. The Kier molecular flexibility index (Phi) is 3.39. The molecule has 0 amide bonds. The summed E-state index contributed by atoms with van der Waals surface area (Å²) in [7, 11) is -3.44. The molecule has 0 unspecified atom stereocenters. The third kappa shape index (κ3) is 3.29.